The average Bonchev–Trinajstić information content (AvgIpc) is 3.02. The first kappa shape index (κ1) is 31.0. The van der Waals surface area contributed by atoms with Gasteiger partial charge in [-0.3, -0.25) is 29.3 Å². The summed E-state index contributed by atoms with van der Waals surface area (Å²) in [5, 5.41) is 3.70. The van der Waals surface area contributed by atoms with Crippen LogP contribution in [-0.4, -0.2) is 59.7 Å². The van der Waals surface area contributed by atoms with E-state index in [2.05, 4.69) is 10.3 Å². The van der Waals surface area contributed by atoms with Gasteiger partial charge in [0, 0.05) is 24.8 Å². The molecule has 2 N–H and O–H groups in total. The predicted octanol–water partition coefficient (Wildman–Crippen LogP) is 2.83. The standard InChI is InChI=1S/C33H36N4O6/c1-4-43-30(39)23-36(29(38)22-37-21-24(2)31(40)35-32(37)41)20-19-34-33(25-11-7-5-8-12-25,26-13-9-6-10-14-26)27-15-17-28(42-3)18-16-27/h5-18,21,34H,4,19-20,22-23H2,1-3H3,(H,35,40,41). The SMILES string of the molecule is CCOC(=O)CN(CCNC(c1ccccc1)(c1ccccc1)c1ccc(OC)cc1)C(=O)Cn1cc(C)c(=O)[nH]c1=O. The minimum absolute atomic E-state index is 0.131. The van der Waals surface area contributed by atoms with Crippen molar-refractivity contribution in [2.24, 2.45) is 0 Å². The lowest BCUT2D eigenvalue weighted by atomic mass is 9.77. The van der Waals surface area contributed by atoms with Crippen LogP contribution in [0.1, 0.15) is 29.2 Å². The molecule has 43 heavy (non-hydrogen) atoms. The smallest absolute Gasteiger partial charge is 0.328 e. The Bertz CT molecular complexity index is 1590. The van der Waals surface area contributed by atoms with E-state index in [9.17, 15) is 19.2 Å². The van der Waals surface area contributed by atoms with Gasteiger partial charge in [0.2, 0.25) is 5.91 Å². The molecule has 0 atom stereocenters. The van der Waals surface area contributed by atoms with Gasteiger partial charge in [-0.2, -0.15) is 0 Å². The van der Waals surface area contributed by atoms with E-state index in [1.165, 1.54) is 11.1 Å². The van der Waals surface area contributed by atoms with Crippen molar-refractivity contribution in [1.29, 1.82) is 0 Å². The molecule has 0 radical (unpaired) electrons. The van der Waals surface area contributed by atoms with E-state index in [0.29, 0.717) is 5.56 Å². The maximum Gasteiger partial charge on any atom is 0.328 e. The Morgan fingerprint density at radius 3 is 2.05 bits per heavy atom. The minimum atomic E-state index is -0.819. The van der Waals surface area contributed by atoms with Crippen LogP contribution < -0.4 is 21.3 Å². The highest BCUT2D eigenvalue weighted by Gasteiger charge is 2.36. The second kappa shape index (κ2) is 14.3. The number of nitrogens with zero attached hydrogens (tertiary/aromatic N) is 2. The largest absolute Gasteiger partial charge is 0.497 e. The van der Waals surface area contributed by atoms with Crippen LogP contribution >= 0.6 is 0 Å². The van der Waals surface area contributed by atoms with Gasteiger partial charge in [0.05, 0.1) is 19.3 Å². The summed E-state index contributed by atoms with van der Waals surface area (Å²) < 4.78 is 11.7. The van der Waals surface area contributed by atoms with Crippen molar-refractivity contribution in [3.8, 4) is 5.75 Å². The highest BCUT2D eigenvalue weighted by atomic mass is 16.5. The number of hydrogen-bond donors (Lipinski definition) is 2. The number of hydrogen-bond acceptors (Lipinski definition) is 7. The number of carbonyl (C=O) groups excluding carboxylic acids is 2. The number of H-pyrrole nitrogens is 1. The van der Waals surface area contributed by atoms with E-state index >= 15 is 0 Å². The van der Waals surface area contributed by atoms with Gasteiger partial charge >= 0.3 is 11.7 Å². The number of carbonyl (C=O) groups is 2. The Kier molecular flexibility index (Phi) is 10.3. The van der Waals surface area contributed by atoms with E-state index in [-0.39, 0.29) is 32.8 Å². The van der Waals surface area contributed by atoms with Crippen molar-refractivity contribution in [3.63, 3.8) is 0 Å². The number of benzene rings is 3. The molecule has 0 aliphatic heterocycles. The Labute approximate surface area is 249 Å². The Hall–Kier alpha value is -4.96. The fourth-order valence-corrected chi connectivity index (χ4v) is 5.04. The monoisotopic (exact) mass is 584 g/mol. The average molecular weight is 585 g/mol. The molecule has 4 rings (SSSR count). The second-order valence-electron chi connectivity index (χ2n) is 9.96. The third-order valence-corrected chi connectivity index (χ3v) is 7.18. The number of esters is 1. The number of ether oxygens (including phenoxy) is 2. The third kappa shape index (κ3) is 7.28. The molecule has 10 heteroatoms. The van der Waals surface area contributed by atoms with E-state index in [4.69, 9.17) is 9.47 Å². The van der Waals surface area contributed by atoms with E-state index in [0.717, 1.165) is 27.0 Å². The molecule has 3 aromatic carbocycles. The molecule has 4 aromatic rings. The fraction of sp³-hybridized carbons (Fsp3) is 0.273. The molecular formula is C33H36N4O6. The first-order valence-electron chi connectivity index (χ1n) is 14.0. The summed E-state index contributed by atoms with van der Waals surface area (Å²) in [5.41, 5.74) is 1.16. The minimum Gasteiger partial charge on any atom is -0.497 e. The van der Waals surface area contributed by atoms with Gasteiger partial charge in [-0.1, -0.05) is 72.8 Å². The summed E-state index contributed by atoms with van der Waals surface area (Å²) >= 11 is 0. The molecule has 1 amide bonds. The zero-order valence-corrected chi connectivity index (χ0v) is 24.5. The van der Waals surface area contributed by atoms with Gasteiger partial charge in [-0.05, 0) is 42.7 Å². The molecule has 0 bridgehead atoms. The van der Waals surface area contributed by atoms with E-state index < -0.39 is 28.7 Å². The first-order valence-corrected chi connectivity index (χ1v) is 14.0. The number of aromatic nitrogens is 2. The van der Waals surface area contributed by atoms with Gasteiger partial charge < -0.3 is 14.4 Å². The molecule has 0 aliphatic rings. The Morgan fingerprint density at radius 2 is 1.49 bits per heavy atom. The number of methoxy groups -OCH3 is 1. The van der Waals surface area contributed by atoms with Crippen LogP contribution in [0, 0.1) is 6.92 Å². The quantitative estimate of drug-likeness (QED) is 0.183. The van der Waals surface area contributed by atoms with Crippen LogP contribution in [0.15, 0.2) is 101 Å². The number of amides is 1. The topological polar surface area (TPSA) is 123 Å². The van der Waals surface area contributed by atoms with Crippen LogP contribution in [0.2, 0.25) is 0 Å². The number of aryl methyl sites for hydroxylation is 1. The summed E-state index contributed by atoms with van der Waals surface area (Å²) in [5.74, 6) is -0.316. The first-order chi connectivity index (χ1) is 20.8. The van der Waals surface area contributed by atoms with Gasteiger partial charge in [0.1, 0.15) is 18.8 Å². The Morgan fingerprint density at radius 1 is 0.907 bits per heavy atom. The van der Waals surface area contributed by atoms with Crippen LogP contribution in [0.25, 0.3) is 0 Å². The summed E-state index contributed by atoms with van der Waals surface area (Å²) in [7, 11) is 1.62. The normalized spacial score (nSPS) is 11.1. The van der Waals surface area contributed by atoms with E-state index in [1.807, 2.05) is 84.9 Å². The summed E-state index contributed by atoms with van der Waals surface area (Å²) in [6.07, 6.45) is 1.33. The van der Waals surface area contributed by atoms with Gasteiger partial charge in [0.15, 0.2) is 0 Å². The second-order valence-corrected chi connectivity index (χ2v) is 9.96. The molecule has 1 aromatic heterocycles. The van der Waals surface area contributed by atoms with Crippen LogP contribution in [0.5, 0.6) is 5.75 Å². The molecule has 224 valence electrons. The lowest BCUT2D eigenvalue weighted by Gasteiger charge is -2.38. The van der Waals surface area contributed by atoms with Crippen molar-refractivity contribution in [2.45, 2.75) is 25.9 Å². The molecule has 0 spiro atoms. The van der Waals surface area contributed by atoms with Crippen molar-refractivity contribution in [1.82, 2.24) is 19.8 Å². The summed E-state index contributed by atoms with van der Waals surface area (Å²) in [4.78, 5) is 53.7. The number of rotatable bonds is 13. The fourth-order valence-electron chi connectivity index (χ4n) is 5.04. The van der Waals surface area contributed by atoms with Crippen LogP contribution in [-0.2, 0) is 26.4 Å². The van der Waals surface area contributed by atoms with Gasteiger partial charge in [-0.25, -0.2) is 4.79 Å². The molecule has 10 nitrogen and oxygen atoms in total. The molecule has 0 unspecified atom stereocenters. The maximum atomic E-state index is 13.5. The maximum absolute atomic E-state index is 13.5. The molecule has 1 heterocycles. The van der Waals surface area contributed by atoms with Crippen LogP contribution in [0.4, 0.5) is 0 Å². The van der Waals surface area contributed by atoms with Gasteiger partial charge in [-0.15, -0.1) is 0 Å². The molecule has 0 aliphatic carbocycles. The van der Waals surface area contributed by atoms with Crippen molar-refractivity contribution < 1.29 is 19.1 Å². The lowest BCUT2D eigenvalue weighted by Crippen LogP contribution is -2.49. The van der Waals surface area contributed by atoms with Crippen LogP contribution in [0.3, 0.4) is 0 Å². The summed E-state index contributed by atoms with van der Waals surface area (Å²) in [6, 6.07) is 27.7. The highest BCUT2D eigenvalue weighted by Crippen LogP contribution is 2.37. The lowest BCUT2D eigenvalue weighted by molar-refractivity contribution is -0.149. The molecule has 0 fully saturated rings. The third-order valence-electron chi connectivity index (χ3n) is 7.18. The Balaban J connectivity index is 1.69. The number of nitrogens with one attached hydrogen (secondary N) is 2. The zero-order valence-electron chi connectivity index (χ0n) is 24.5. The van der Waals surface area contributed by atoms with E-state index in [1.54, 1.807) is 21.0 Å². The summed E-state index contributed by atoms with van der Waals surface area (Å²) in [6.45, 7) is 3.17. The van der Waals surface area contributed by atoms with Crippen molar-refractivity contribution >= 4 is 11.9 Å². The molecule has 0 saturated carbocycles. The highest BCUT2D eigenvalue weighted by molar-refractivity contribution is 5.82. The zero-order chi connectivity index (χ0) is 30.8. The molecule has 0 saturated heterocycles. The number of aromatic amines is 1. The molecular weight excluding hydrogens is 548 g/mol. The predicted molar refractivity (Wildman–Crippen MR) is 163 cm³/mol. The van der Waals surface area contributed by atoms with Crippen molar-refractivity contribution in [2.75, 3.05) is 33.4 Å². The van der Waals surface area contributed by atoms with Crippen molar-refractivity contribution in [3.05, 3.63) is 134 Å². The van der Waals surface area contributed by atoms with Gasteiger partial charge in [0.25, 0.3) is 5.56 Å².